The first-order chi connectivity index (χ1) is 20.5. The Morgan fingerprint density at radius 1 is 0.907 bits per heavy atom. The third-order valence-electron chi connectivity index (χ3n) is 7.03. The molecule has 232 valence electrons. The van der Waals surface area contributed by atoms with Crippen LogP contribution in [-0.4, -0.2) is 65.6 Å². The fraction of sp³-hybridized carbons (Fsp3) is 0.375. The van der Waals surface area contributed by atoms with Crippen molar-refractivity contribution >= 4 is 27.5 Å². The first-order valence-corrected chi connectivity index (χ1v) is 15.5. The maximum absolute atomic E-state index is 14.2. The Hall–Kier alpha value is -4.25. The van der Waals surface area contributed by atoms with Crippen molar-refractivity contribution < 1.29 is 32.2 Å². The number of ether oxygens (including phenoxy) is 3. The highest BCUT2D eigenvalue weighted by Gasteiger charge is 2.34. The number of benzene rings is 3. The number of unbranched alkanes of at least 4 members (excludes halogenated alkanes) is 1. The van der Waals surface area contributed by atoms with E-state index in [4.69, 9.17) is 14.2 Å². The summed E-state index contributed by atoms with van der Waals surface area (Å²) >= 11 is 0. The van der Waals surface area contributed by atoms with E-state index >= 15 is 0 Å². The Bertz CT molecular complexity index is 1490. The van der Waals surface area contributed by atoms with Crippen LogP contribution in [0.5, 0.6) is 17.2 Å². The van der Waals surface area contributed by atoms with Crippen LogP contribution in [-0.2, 0) is 26.2 Å². The number of methoxy groups -OCH3 is 3. The van der Waals surface area contributed by atoms with Crippen molar-refractivity contribution in [2.24, 2.45) is 0 Å². The molecule has 3 rings (SSSR count). The normalized spacial score (nSPS) is 11.8. The average Bonchev–Trinajstić information content (AvgIpc) is 3.01. The summed E-state index contributed by atoms with van der Waals surface area (Å²) in [5, 5.41) is 2.88. The van der Waals surface area contributed by atoms with E-state index in [1.807, 2.05) is 19.9 Å². The predicted molar refractivity (Wildman–Crippen MR) is 166 cm³/mol. The minimum atomic E-state index is -4.27. The molecule has 0 aliphatic heterocycles. The number of hydrogen-bond donors (Lipinski definition) is 1. The summed E-state index contributed by atoms with van der Waals surface area (Å²) < 4.78 is 45.5. The number of carbonyl (C=O) groups excluding carboxylic acids is 2. The lowest BCUT2D eigenvalue weighted by Crippen LogP contribution is -2.51. The molecular formula is C32H41N3O7S. The number of amides is 2. The standard InChI is InChI=1S/C32H41N3O7S/c1-7-8-18-33-32(37)24(3)34(21-25-10-9-11-26(19-25)40-4)31(36)22-35(29-20-27(41-5)14-17-30(29)42-6)43(38,39)28-15-12-23(2)13-16-28/h9-17,19-20,24H,7-8,18,21-22H2,1-6H3,(H,33,37)/t24-/m0/s1. The van der Waals surface area contributed by atoms with Crippen molar-refractivity contribution in [3.8, 4) is 17.2 Å². The maximum Gasteiger partial charge on any atom is 0.264 e. The molecule has 11 heteroatoms. The molecule has 1 N–H and O–H groups in total. The van der Waals surface area contributed by atoms with Gasteiger partial charge in [-0.05, 0) is 62.2 Å². The van der Waals surface area contributed by atoms with Gasteiger partial charge in [0.2, 0.25) is 11.8 Å². The van der Waals surface area contributed by atoms with E-state index in [0.717, 1.165) is 22.7 Å². The zero-order valence-corrected chi connectivity index (χ0v) is 26.4. The van der Waals surface area contributed by atoms with Gasteiger partial charge in [-0.25, -0.2) is 8.42 Å². The Labute approximate surface area is 254 Å². The third kappa shape index (κ3) is 8.41. The van der Waals surface area contributed by atoms with Crippen molar-refractivity contribution in [1.29, 1.82) is 0 Å². The molecule has 0 aromatic heterocycles. The molecule has 1 atom stereocenters. The summed E-state index contributed by atoms with van der Waals surface area (Å²) in [4.78, 5) is 28.7. The number of nitrogens with zero attached hydrogens (tertiary/aromatic N) is 2. The van der Waals surface area contributed by atoms with Gasteiger partial charge in [-0.15, -0.1) is 0 Å². The number of hydrogen-bond acceptors (Lipinski definition) is 7. The molecule has 0 heterocycles. The topological polar surface area (TPSA) is 114 Å². The molecule has 0 fully saturated rings. The lowest BCUT2D eigenvalue weighted by molar-refractivity contribution is -0.139. The van der Waals surface area contributed by atoms with E-state index < -0.39 is 28.5 Å². The average molecular weight is 612 g/mol. The number of carbonyl (C=O) groups is 2. The van der Waals surface area contributed by atoms with Gasteiger partial charge in [-0.1, -0.05) is 43.2 Å². The third-order valence-corrected chi connectivity index (χ3v) is 8.80. The minimum Gasteiger partial charge on any atom is -0.497 e. The van der Waals surface area contributed by atoms with Crippen LogP contribution in [0.1, 0.15) is 37.8 Å². The van der Waals surface area contributed by atoms with E-state index in [9.17, 15) is 18.0 Å². The highest BCUT2D eigenvalue weighted by Crippen LogP contribution is 2.36. The highest BCUT2D eigenvalue weighted by atomic mass is 32.2. The van der Waals surface area contributed by atoms with Crippen LogP contribution >= 0.6 is 0 Å². The van der Waals surface area contributed by atoms with E-state index in [1.165, 1.54) is 37.3 Å². The summed E-state index contributed by atoms with van der Waals surface area (Å²) in [5.74, 6) is 0.283. The van der Waals surface area contributed by atoms with Crippen LogP contribution in [0.15, 0.2) is 71.6 Å². The lowest BCUT2D eigenvalue weighted by Gasteiger charge is -2.32. The summed E-state index contributed by atoms with van der Waals surface area (Å²) in [6.45, 7) is 5.42. The minimum absolute atomic E-state index is 0.000441. The summed E-state index contributed by atoms with van der Waals surface area (Å²) in [6.07, 6.45) is 1.69. The molecule has 10 nitrogen and oxygen atoms in total. The molecule has 0 bridgehead atoms. The molecule has 0 radical (unpaired) electrons. The second-order valence-corrected chi connectivity index (χ2v) is 11.9. The van der Waals surface area contributed by atoms with Gasteiger partial charge < -0.3 is 24.4 Å². The van der Waals surface area contributed by atoms with Crippen molar-refractivity contribution in [2.75, 3.05) is 38.7 Å². The van der Waals surface area contributed by atoms with Crippen LogP contribution in [0.3, 0.4) is 0 Å². The van der Waals surface area contributed by atoms with Crippen molar-refractivity contribution in [3.63, 3.8) is 0 Å². The quantitative estimate of drug-likeness (QED) is 0.251. The summed E-state index contributed by atoms with van der Waals surface area (Å²) in [5.41, 5.74) is 1.72. The summed E-state index contributed by atoms with van der Waals surface area (Å²) in [7, 11) is 0.149. The smallest absolute Gasteiger partial charge is 0.264 e. The molecular weight excluding hydrogens is 570 g/mol. The van der Waals surface area contributed by atoms with Gasteiger partial charge in [0, 0.05) is 19.2 Å². The van der Waals surface area contributed by atoms with E-state index in [2.05, 4.69) is 5.32 Å². The number of sulfonamides is 1. The highest BCUT2D eigenvalue weighted by molar-refractivity contribution is 7.92. The zero-order valence-electron chi connectivity index (χ0n) is 25.6. The van der Waals surface area contributed by atoms with E-state index in [0.29, 0.717) is 23.6 Å². The van der Waals surface area contributed by atoms with Crippen LogP contribution in [0.4, 0.5) is 5.69 Å². The van der Waals surface area contributed by atoms with Gasteiger partial charge in [-0.3, -0.25) is 13.9 Å². The molecule has 0 saturated carbocycles. The SMILES string of the molecule is CCCCNC(=O)[C@H](C)N(Cc1cccc(OC)c1)C(=O)CN(c1cc(OC)ccc1OC)S(=O)(=O)c1ccc(C)cc1. The Morgan fingerprint density at radius 3 is 2.21 bits per heavy atom. The van der Waals surface area contributed by atoms with Crippen molar-refractivity contribution in [3.05, 3.63) is 77.9 Å². The molecule has 2 amide bonds. The van der Waals surface area contributed by atoms with Gasteiger partial charge >= 0.3 is 0 Å². The van der Waals surface area contributed by atoms with Gasteiger partial charge in [0.15, 0.2) is 0 Å². The Balaban J connectivity index is 2.10. The Kier molecular flexibility index (Phi) is 11.8. The lowest BCUT2D eigenvalue weighted by atomic mass is 10.1. The van der Waals surface area contributed by atoms with Gasteiger partial charge in [0.25, 0.3) is 10.0 Å². The van der Waals surface area contributed by atoms with Crippen LogP contribution in [0, 0.1) is 6.92 Å². The molecule has 3 aromatic rings. The zero-order chi connectivity index (χ0) is 31.6. The largest absolute Gasteiger partial charge is 0.497 e. The number of nitrogens with one attached hydrogen (secondary N) is 1. The fourth-order valence-corrected chi connectivity index (χ4v) is 5.85. The van der Waals surface area contributed by atoms with Crippen LogP contribution in [0.2, 0.25) is 0 Å². The van der Waals surface area contributed by atoms with Gasteiger partial charge in [0.05, 0.1) is 31.9 Å². The number of aryl methyl sites for hydroxylation is 1. The first kappa shape index (κ1) is 33.3. The number of anilines is 1. The van der Waals surface area contributed by atoms with E-state index in [-0.39, 0.29) is 28.8 Å². The van der Waals surface area contributed by atoms with Crippen LogP contribution in [0.25, 0.3) is 0 Å². The van der Waals surface area contributed by atoms with E-state index in [1.54, 1.807) is 56.5 Å². The first-order valence-electron chi connectivity index (χ1n) is 14.1. The summed E-state index contributed by atoms with van der Waals surface area (Å²) in [6, 6.07) is 17.3. The maximum atomic E-state index is 14.2. The molecule has 0 unspecified atom stereocenters. The van der Waals surface area contributed by atoms with Crippen molar-refractivity contribution in [1.82, 2.24) is 10.2 Å². The number of rotatable bonds is 15. The monoisotopic (exact) mass is 611 g/mol. The van der Waals surface area contributed by atoms with Gasteiger partial charge in [-0.2, -0.15) is 0 Å². The van der Waals surface area contributed by atoms with Crippen molar-refractivity contribution in [2.45, 2.75) is 51.1 Å². The predicted octanol–water partition coefficient (Wildman–Crippen LogP) is 4.55. The fourth-order valence-electron chi connectivity index (χ4n) is 4.43. The molecule has 0 spiro atoms. The Morgan fingerprint density at radius 2 is 1.58 bits per heavy atom. The molecule has 3 aromatic carbocycles. The molecule has 0 aliphatic carbocycles. The second-order valence-electron chi connectivity index (χ2n) is 10.1. The van der Waals surface area contributed by atoms with Gasteiger partial charge in [0.1, 0.15) is 29.8 Å². The second kappa shape index (κ2) is 15.3. The molecule has 0 aliphatic rings. The molecule has 43 heavy (non-hydrogen) atoms. The van der Waals surface area contributed by atoms with Crippen LogP contribution < -0.4 is 23.8 Å². The molecule has 0 saturated heterocycles.